The summed E-state index contributed by atoms with van der Waals surface area (Å²) in [5, 5.41) is 2.49. The Morgan fingerprint density at radius 1 is 1.56 bits per heavy atom. The molecule has 18 heavy (non-hydrogen) atoms. The zero-order chi connectivity index (χ0) is 13.3. The first-order valence-corrected chi connectivity index (χ1v) is 6.75. The minimum absolute atomic E-state index is 0.0327. The lowest BCUT2D eigenvalue weighted by atomic mass is 9.99. The number of nitrogens with zero attached hydrogens (tertiary/aromatic N) is 2. The van der Waals surface area contributed by atoms with E-state index in [0.717, 1.165) is 11.6 Å². The number of hydrogen-bond acceptors (Lipinski definition) is 5. The van der Waals surface area contributed by atoms with Crippen LogP contribution >= 0.6 is 11.3 Å². The second-order valence-electron chi connectivity index (χ2n) is 4.59. The maximum atomic E-state index is 11.6. The van der Waals surface area contributed by atoms with Crippen LogP contribution in [0.2, 0.25) is 0 Å². The molecule has 0 aromatic carbocycles. The number of β-lactam (4-membered cyclic amide) rings is 1. The molecule has 1 atom stereocenters. The van der Waals surface area contributed by atoms with Gasteiger partial charge in [-0.1, -0.05) is 13.8 Å². The van der Waals surface area contributed by atoms with Gasteiger partial charge in [-0.25, -0.2) is 9.78 Å². The molecule has 1 aromatic heterocycles. The largest absolute Gasteiger partial charge is 0.464 e. The van der Waals surface area contributed by atoms with Crippen LogP contribution in [0.1, 0.15) is 41.8 Å². The lowest BCUT2D eigenvalue weighted by Gasteiger charge is -2.39. The maximum Gasteiger partial charge on any atom is 0.357 e. The Kier molecular flexibility index (Phi) is 3.65. The van der Waals surface area contributed by atoms with Gasteiger partial charge in [0.15, 0.2) is 5.69 Å². The predicted molar refractivity (Wildman–Crippen MR) is 67.4 cm³/mol. The van der Waals surface area contributed by atoms with Crippen molar-refractivity contribution in [2.45, 2.75) is 26.3 Å². The van der Waals surface area contributed by atoms with E-state index in [4.69, 9.17) is 0 Å². The second kappa shape index (κ2) is 5.06. The molecule has 0 radical (unpaired) electrons. The summed E-state index contributed by atoms with van der Waals surface area (Å²) in [6, 6.07) is -0.0327. The molecule has 1 saturated heterocycles. The van der Waals surface area contributed by atoms with Gasteiger partial charge in [0.2, 0.25) is 5.91 Å². The molecule has 2 heterocycles. The van der Waals surface area contributed by atoms with Gasteiger partial charge in [-0.15, -0.1) is 11.3 Å². The number of thiazole rings is 1. The van der Waals surface area contributed by atoms with E-state index >= 15 is 0 Å². The third-order valence-electron chi connectivity index (χ3n) is 3.02. The van der Waals surface area contributed by atoms with Crippen LogP contribution < -0.4 is 0 Å². The fraction of sp³-hybridized carbons (Fsp3) is 0.583. The number of likely N-dealkylation sites (tertiary alicyclic amines) is 1. The summed E-state index contributed by atoms with van der Waals surface area (Å²) in [6.07, 6.45) is 0.610. The highest BCUT2D eigenvalue weighted by atomic mass is 32.1. The number of methoxy groups -OCH3 is 1. The molecule has 1 unspecified atom stereocenters. The highest BCUT2D eigenvalue weighted by molar-refractivity contribution is 7.09. The quantitative estimate of drug-likeness (QED) is 0.617. The summed E-state index contributed by atoms with van der Waals surface area (Å²) >= 11 is 1.40. The van der Waals surface area contributed by atoms with Gasteiger partial charge >= 0.3 is 5.97 Å². The first kappa shape index (κ1) is 13.0. The van der Waals surface area contributed by atoms with Crippen LogP contribution in [0.25, 0.3) is 0 Å². The van der Waals surface area contributed by atoms with Crippen molar-refractivity contribution in [3.05, 3.63) is 16.1 Å². The molecule has 0 aliphatic carbocycles. The van der Waals surface area contributed by atoms with Crippen molar-refractivity contribution < 1.29 is 14.3 Å². The van der Waals surface area contributed by atoms with E-state index in [0.29, 0.717) is 12.1 Å². The molecule has 0 bridgehead atoms. The number of hydrogen-bond donors (Lipinski definition) is 0. The minimum atomic E-state index is -0.435. The zero-order valence-electron chi connectivity index (χ0n) is 10.7. The first-order chi connectivity index (χ1) is 8.54. The van der Waals surface area contributed by atoms with Gasteiger partial charge in [0.1, 0.15) is 5.01 Å². The Morgan fingerprint density at radius 3 is 2.72 bits per heavy atom. The van der Waals surface area contributed by atoms with Gasteiger partial charge in [-0.2, -0.15) is 0 Å². The number of carbonyl (C=O) groups excluding carboxylic acids is 2. The molecule has 6 heteroatoms. The van der Waals surface area contributed by atoms with Crippen molar-refractivity contribution in [1.29, 1.82) is 0 Å². The predicted octanol–water partition coefficient (Wildman–Crippen LogP) is 1.86. The second-order valence-corrected chi connectivity index (χ2v) is 5.48. The van der Waals surface area contributed by atoms with Crippen LogP contribution in [0.5, 0.6) is 0 Å². The number of ether oxygens (including phenoxy) is 1. The molecule has 1 fully saturated rings. The highest BCUT2D eigenvalue weighted by Gasteiger charge is 2.35. The number of esters is 1. The molecule has 0 saturated carbocycles. The first-order valence-electron chi connectivity index (χ1n) is 5.87. The SMILES string of the molecule is COC(=O)c1csc(C(C(C)C)N2CCC2=O)n1. The zero-order valence-corrected chi connectivity index (χ0v) is 11.5. The molecule has 2 rings (SSSR count). The van der Waals surface area contributed by atoms with E-state index in [1.165, 1.54) is 18.4 Å². The Bertz CT molecular complexity index is 470. The van der Waals surface area contributed by atoms with Crippen molar-refractivity contribution in [3.8, 4) is 0 Å². The monoisotopic (exact) mass is 268 g/mol. The Hall–Kier alpha value is -1.43. The van der Waals surface area contributed by atoms with Crippen LogP contribution in [0.4, 0.5) is 0 Å². The summed E-state index contributed by atoms with van der Waals surface area (Å²) in [5.41, 5.74) is 0.316. The lowest BCUT2D eigenvalue weighted by molar-refractivity contribution is -0.144. The van der Waals surface area contributed by atoms with Crippen molar-refractivity contribution in [1.82, 2.24) is 9.88 Å². The summed E-state index contributed by atoms with van der Waals surface area (Å²) in [5.74, 6) is -0.00985. The standard InChI is InChI=1S/C12H16N2O3S/c1-7(2)10(14-5-4-9(14)15)11-13-8(6-18-11)12(16)17-3/h6-7,10H,4-5H2,1-3H3. The molecule has 1 aliphatic heterocycles. The Morgan fingerprint density at radius 2 is 2.28 bits per heavy atom. The average Bonchev–Trinajstić information content (AvgIpc) is 2.81. The number of carbonyl (C=O) groups is 2. The molecule has 0 spiro atoms. The van der Waals surface area contributed by atoms with E-state index in [2.05, 4.69) is 23.6 Å². The lowest BCUT2D eigenvalue weighted by Crippen LogP contribution is -2.47. The van der Waals surface area contributed by atoms with Crippen LogP contribution in [0.3, 0.4) is 0 Å². The third kappa shape index (κ3) is 2.25. The number of amides is 1. The molecule has 1 aromatic rings. The molecular weight excluding hydrogens is 252 g/mol. The van der Waals surface area contributed by atoms with Crippen LogP contribution in [-0.2, 0) is 9.53 Å². The van der Waals surface area contributed by atoms with Crippen molar-refractivity contribution >= 4 is 23.2 Å². The van der Waals surface area contributed by atoms with Crippen LogP contribution in [0.15, 0.2) is 5.38 Å². The van der Waals surface area contributed by atoms with E-state index in [9.17, 15) is 9.59 Å². The molecular formula is C12H16N2O3S. The van der Waals surface area contributed by atoms with Gasteiger partial charge in [0, 0.05) is 18.3 Å². The van der Waals surface area contributed by atoms with Crippen molar-refractivity contribution in [2.75, 3.05) is 13.7 Å². The Labute approximate surface area is 110 Å². The third-order valence-corrected chi connectivity index (χ3v) is 3.94. The van der Waals surface area contributed by atoms with E-state index in [-0.39, 0.29) is 17.9 Å². The van der Waals surface area contributed by atoms with E-state index < -0.39 is 5.97 Å². The van der Waals surface area contributed by atoms with Crippen molar-refractivity contribution in [3.63, 3.8) is 0 Å². The average molecular weight is 268 g/mol. The fourth-order valence-electron chi connectivity index (χ4n) is 2.03. The highest BCUT2D eigenvalue weighted by Crippen LogP contribution is 2.34. The van der Waals surface area contributed by atoms with Crippen molar-refractivity contribution in [2.24, 2.45) is 5.92 Å². The van der Waals surface area contributed by atoms with Gasteiger partial charge in [-0.05, 0) is 5.92 Å². The number of aromatic nitrogens is 1. The molecule has 1 aliphatic rings. The summed E-state index contributed by atoms with van der Waals surface area (Å²) < 4.78 is 4.64. The van der Waals surface area contributed by atoms with Gasteiger partial charge in [0.25, 0.3) is 0 Å². The summed E-state index contributed by atoms with van der Waals surface area (Å²) in [7, 11) is 1.33. The summed E-state index contributed by atoms with van der Waals surface area (Å²) in [6.45, 7) is 4.87. The molecule has 0 N–H and O–H groups in total. The van der Waals surface area contributed by atoms with Gasteiger partial charge in [0.05, 0.1) is 13.2 Å². The van der Waals surface area contributed by atoms with Gasteiger partial charge < -0.3 is 9.64 Å². The molecule has 98 valence electrons. The Balaban J connectivity index is 2.23. The van der Waals surface area contributed by atoms with E-state index in [1.807, 2.05) is 4.90 Å². The maximum absolute atomic E-state index is 11.6. The molecule has 1 amide bonds. The minimum Gasteiger partial charge on any atom is -0.464 e. The molecule has 5 nitrogen and oxygen atoms in total. The number of rotatable bonds is 4. The van der Waals surface area contributed by atoms with Gasteiger partial charge in [-0.3, -0.25) is 4.79 Å². The fourth-order valence-corrected chi connectivity index (χ4v) is 3.10. The smallest absolute Gasteiger partial charge is 0.357 e. The van der Waals surface area contributed by atoms with Crippen LogP contribution in [0, 0.1) is 5.92 Å². The normalized spacial score (nSPS) is 16.7. The summed E-state index contributed by atoms with van der Waals surface area (Å²) in [4.78, 5) is 29.1. The van der Waals surface area contributed by atoms with Crippen LogP contribution in [-0.4, -0.2) is 35.4 Å². The topological polar surface area (TPSA) is 59.5 Å². The van der Waals surface area contributed by atoms with E-state index in [1.54, 1.807) is 5.38 Å².